The Labute approximate surface area is 117 Å². The number of hydrogen-bond acceptors (Lipinski definition) is 2. The van der Waals surface area contributed by atoms with Gasteiger partial charge in [-0.05, 0) is 52.3 Å². The van der Waals surface area contributed by atoms with Gasteiger partial charge in [0.05, 0.1) is 22.1 Å². The standard InChI is InChI=1S/C15H18ClFO2/c1-14(2)8-10(15(3,4)19-14)13(18)9-5-6-12(17)11(16)7-9/h5-7,10H,8H2,1-4H3. The summed E-state index contributed by atoms with van der Waals surface area (Å²) in [6, 6.07) is 4.09. The number of rotatable bonds is 2. The first-order chi connectivity index (χ1) is 8.62. The van der Waals surface area contributed by atoms with E-state index in [1.807, 2.05) is 27.7 Å². The minimum Gasteiger partial charge on any atom is -0.369 e. The summed E-state index contributed by atoms with van der Waals surface area (Å²) in [6.07, 6.45) is 0.647. The Kier molecular flexibility index (Phi) is 3.48. The van der Waals surface area contributed by atoms with Crippen molar-refractivity contribution in [1.82, 2.24) is 0 Å². The molecule has 1 aliphatic heterocycles. The van der Waals surface area contributed by atoms with E-state index >= 15 is 0 Å². The molecule has 1 fully saturated rings. The number of ketones is 1. The van der Waals surface area contributed by atoms with Crippen LogP contribution in [0.5, 0.6) is 0 Å². The molecule has 0 radical (unpaired) electrons. The van der Waals surface area contributed by atoms with Crippen LogP contribution in [0.1, 0.15) is 44.5 Å². The lowest BCUT2D eigenvalue weighted by molar-refractivity contribution is -0.0712. The van der Waals surface area contributed by atoms with Crippen LogP contribution in [0.4, 0.5) is 4.39 Å². The van der Waals surface area contributed by atoms with Crippen LogP contribution in [0.3, 0.4) is 0 Å². The van der Waals surface area contributed by atoms with Crippen molar-refractivity contribution in [3.63, 3.8) is 0 Å². The van der Waals surface area contributed by atoms with E-state index in [2.05, 4.69) is 0 Å². The smallest absolute Gasteiger partial charge is 0.168 e. The molecule has 1 saturated heterocycles. The van der Waals surface area contributed by atoms with E-state index in [1.54, 1.807) is 0 Å². The molecule has 1 atom stereocenters. The van der Waals surface area contributed by atoms with E-state index in [9.17, 15) is 9.18 Å². The molecule has 1 unspecified atom stereocenters. The molecule has 0 N–H and O–H groups in total. The fraction of sp³-hybridized carbons (Fsp3) is 0.533. The number of ether oxygens (including phenoxy) is 1. The van der Waals surface area contributed by atoms with Gasteiger partial charge in [0.2, 0.25) is 0 Å². The molecule has 0 saturated carbocycles. The maximum absolute atomic E-state index is 13.1. The molecule has 1 heterocycles. The van der Waals surface area contributed by atoms with E-state index in [-0.39, 0.29) is 22.3 Å². The molecule has 1 aromatic carbocycles. The Bertz CT molecular complexity index is 523. The quantitative estimate of drug-likeness (QED) is 0.759. The highest BCUT2D eigenvalue weighted by Crippen LogP contribution is 2.43. The summed E-state index contributed by atoms with van der Waals surface area (Å²) in [5, 5.41) is -0.0261. The number of benzene rings is 1. The van der Waals surface area contributed by atoms with Crippen LogP contribution in [-0.4, -0.2) is 17.0 Å². The average Bonchev–Trinajstić information content (AvgIpc) is 2.49. The maximum Gasteiger partial charge on any atom is 0.168 e. The summed E-state index contributed by atoms with van der Waals surface area (Å²) < 4.78 is 19.1. The molecule has 0 amide bonds. The highest BCUT2D eigenvalue weighted by atomic mass is 35.5. The van der Waals surface area contributed by atoms with Crippen molar-refractivity contribution in [1.29, 1.82) is 0 Å². The van der Waals surface area contributed by atoms with E-state index in [1.165, 1.54) is 18.2 Å². The maximum atomic E-state index is 13.1. The van der Waals surface area contributed by atoms with Crippen molar-refractivity contribution in [2.45, 2.75) is 45.3 Å². The molecule has 2 rings (SSSR count). The summed E-state index contributed by atoms with van der Waals surface area (Å²) in [4.78, 5) is 12.6. The van der Waals surface area contributed by atoms with Crippen LogP contribution < -0.4 is 0 Å². The predicted octanol–water partition coefficient (Wildman–Crippen LogP) is 4.26. The van der Waals surface area contributed by atoms with Crippen LogP contribution in [0.2, 0.25) is 5.02 Å². The second kappa shape index (κ2) is 4.57. The van der Waals surface area contributed by atoms with Crippen LogP contribution in [-0.2, 0) is 4.74 Å². The van der Waals surface area contributed by atoms with Gasteiger partial charge >= 0.3 is 0 Å². The first-order valence-corrected chi connectivity index (χ1v) is 6.70. The lowest BCUT2D eigenvalue weighted by Gasteiger charge is -2.26. The third kappa shape index (κ3) is 2.82. The highest BCUT2D eigenvalue weighted by molar-refractivity contribution is 6.31. The van der Waals surface area contributed by atoms with Crippen LogP contribution in [0.15, 0.2) is 18.2 Å². The molecule has 19 heavy (non-hydrogen) atoms. The molecule has 0 aliphatic carbocycles. The molecule has 1 aromatic rings. The fourth-order valence-electron chi connectivity index (χ4n) is 2.82. The topological polar surface area (TPSA) is 26.3 Å². The van der Waals surface area contributed by atoms with Gasteiger partial charge in [0.1, 0.15) is 5.82 Å². The van der Waals surface area contributed by atoms with Crippen molar-refractivity contribution in [2.75, 3.05) is 0 Å². The summed E-state index contributed by atoms with van der Waals surface area (Å²) in [7, 11) is 0. The predicted molar refractivity (Wildman–Crippen MR) is 73.1 cm³/mol. The molecule has 0 spiro atoms. The largest absolute Gasteiger partial charge is 0.369 e. The van der Waals surface area contributed by atoms with Crippen LogP contribution in [0.25, 0.3) is 0 Å². The normalized spacial score (nSPS) is 24.4. The van der Waals surface area contributed by atoms with Gasteiger partial charge < -0.3 is 4.74 Å². The molecular formula is C15H18ClFO2. The number of halogens is 2. The van der Waals surface area contributed by atoms with Crippen molar-refractivity contribution < 1.29 is 13.9 Å². The molecule has 2 nitrogen and oxygen atoms in total. The van der Waals surface area contributed by atoms with Gasteiger partial charge in [-0.2, -0.15) is 0 Å². The van der Waals surface area contributed by atoms with E-state index in [4.69, 9.17) is 16.3 Å². The first kappa shape index (κ1) is 14.5. The second-order valence-electron chi connectivity index (χ2n) is 6.22. The van der Waals surface area contributed by atoms with Gasteiger partial charge in [-0.15, -0.1) is 0 Å². The minimum absolute atomic E-state index is 0.0261. The lowest BCUT2D eigenvalue weighted by atomic mass is 9.82. The van der Waals surface area contributed by atoms with Crippen molar-refractivity contribution >= 4 is 17.4 Å². The summed E-state index contributed by atoms with van der Waals surface area (Å²) in [6.45, 7) is 7.77. The molecule has 1 aliphatic rings. The molecule has 0 aromatic heterocycles. The average molecular weight is 285 g/mol. The Morgan fingerprint density at radius 2 is 2.00 bits per heavy atom. The van der Waals surface area contributed by atoms with E-state index in [0.717, 1.165) is 0 Å². The fourth-order valence-corrected chi connectivity index (χ4v) is 3.00. The molecule has 4 heteroatoms. The van der Waals surface area contributed by atoms with Crippen LogP contribution >= 0.6 is 11.6 Å². The minimum atomic E-state index is -0.526. The lowest BCUT2D eigenvalue weighted by Crippen LogP contribution is -2.33. The Morgan fingerprint density at radius 1 is 1.37 bits per heavy atom. The van der Waals surface area contributed by atoms with Gasteiger partial charge in [-0.25, -0.2) is 4.39 Å². The van der Waals surface area contributed by atoms with Crippen LogP contribution in [0, 0.1) is 11.7 Å². The second-order valence-corrected chi connectivity index (χ2v) is 6.62. The van der Waals surface area contributed by atoms with Crippen molar-refractivity contribution in [3.8, 4) is 0 Å². The highest BCUT2D eigenvalue weighted by Gasteiger charge is 2.49. The number of hydrogen-bond donors (Lipinski definition) is 0. The molecule has 0 bridgehead atoms. The number of carbonyl (C=O) groups excluding carboxylic acids is 1. The third-order valence-corrected chi connectivity index (χ3v) is 3.88. The zero-order chi connectivity index (χ0) is 14.4. The van der Waals surface area contributed by atoms with Gasteiger partial charge in [-0.3, -0.25) is 4.79 Å². The Hall–Kier alpha value is -0.930. The summed E-state index contributed by atoms with van der Waals surface area (Å²) >= 11 is 5.73. The molecular weight excluding hydrogens is 267 g/mol. The van der Waals surface area contributed by atoms with Gasteiger partial charge in [0.15, 0.2) is 5.78 Å². The number of Topliss-reactive ketones (excluding diaryl/α,β-unsaturated/α-hetero) is 1. The number of carbonyl (C=O) groups is 1. The SMILES string of the molecule is CC1(C)CC(C(=O)c2ccc(F)c(Cl)c2)C(C)(C)O1. The van der Waals surface area contributed by atoms with Crippen molar-refractivity contribution in [3.05, 3.63) is 34.6 Å². The summed E-state index contributed by atoms with van der Waals surface area (Å²) in [5.41, 5.74) is -0.416. The zero-order valence-corrected chi connectivity index (χ0v) is 12.3. The molecule has 104 valence electrons. The monoisotopic (exact) mass is 284 g/mol. The van der Waals surface area contributed by atoms with Crippen molar-refractivity contribution in [2.24, 2.45) is 5.92 Å². The summed E-state index contributed by atoms with van der Waals surface area (Å²) in [5.74, 6) is -0.804. The van der Waals surface area contributed by atoms with Gasteiger partial charge in [0.25, 0.3) is 0 Å². The first-order valence-electron chi connectivity index (χ1n) is 6.32. The zero-order valence-electron chi connectivity index (χ0n) is 11.6. The van der Waals surface area contributed by atoms with E-state index in [0.29, 0.717) is 12.0 Å². The Balaban J connectivity index is 2.31. The van der Waals surface area contributed by atoms with E-state index < -0.39 is 11.4 Å². The van der Waals surface area contributed by atoms with Gasteiger partial charge in [0, 0.05) is 5.56 Å². The van der Waals surface area contributed by atoms with Gasteiger partial charge in [-0.1, -0.05) is 11.6 Å². The Morgan fingerprint density at radius 3 is 2.47 bits per heavy atom. The third-order valence-electron chi connectivity index (χ3n) is 3.59.